The van der Waals surface area contributed by atoms with Crippen LogP contribution in [0.4, 0.5) is 4.79 Å². The van der Waals surface area contributed by atoms with Crippen LogP contribution in [0.1, 0.15) is 64.2 Å². The zero-order chi connectivity index (χ0) is 30.2. The molecule has 10 heteroatoms. The van der Waals surface area contributed by atoms with Crippen LogP contribution in [0.15, 0.2) is 54.6 Å². The summed E-state index contributed by atoms with van der Waals surface area (Å²) in [7, 11) is 0. The molecule has 3 amide bonds. The summed E-state index contributed by atoms with van der Waals surface area (Å²) >= 11 is 6.27. The van der Waals surface area contributed by atoms with Crippen molar-refractivity contribution in [2.75, 3.05) is 13.2 Å². The highest BCUT2D eigenvalue weighted by molar-refractivity contribution is 6.30. The van der Waals surface area contributed by atoms with Gasteiger partial charge in [-0.05, 0) is 48.4 Å². The Balaban J connectivity index is 1.81. The van der Waals surface area contributed by atoms with Gasteiger partial charge in [-0.15, -0.1) is 0 Å². The van der Waals surface area contributed by atoms with Gasteiger partial charge in [-0.25, -0.2) is 4.79 Å². The second-order valence-corrected chi connectivity index (χ2v) is 11.9. The van der Waals surface area contributed by atoms with E-state index in [1.54, 1.807) is 6.07 Å². The molecule has 1 aliphatic rings. The monoisotopic (exact) mass is 585 g/mol. The number of halogens is 1. The van der Waals surface area contributed by atoms with Crippen molar-refractivity contribution in [1.29, 1.82) is 0 Å². The van der Waals surface area contributed by atoms with Crippen molar-refractivity contribution in [3.05, 3.63) is 70.7 Å². The van der Waals surface area contributed by atoms with E-state index in [0.717, 1.165) is 11.1 Å². The van der Waals surface area contributed by atoms with Gasteiger partial charge in [-0.1, -0.05) is 81.8 Å². The average Bonchev–Trinajstić information content (AvgIpc) is 3.34. The third kappa shape index (κ3) is 8.78. The number of alkyl carbamates (subject to hydrolysis) is 1. The summed E-state index contributed by atoms with van der Waals surface area (Å²) in [6.45, 7) is 7.43. The van der Waals surface area contributed by atoms with Gasteiger partial charge in [0.05, 0.1) is 6.04 Å². The van der Waals surface area contributed by atoms with Crippen LogP contribution in [0, 0.1) is 11.8 Å². The highest BCUT2D eigenvalue weighted by Gasteiger charge is 2.37. The summed E-state index contributed by atoms with van der Waals surface area (Å²) in [4.78, 5) is 51.3. The van der Waals surface area contributed by atoms with Crippen LogP contribution >= 0.6 is 11.6 Å². The molecule has 0 radical (unpaired) electrons. The third-order valence-corrected chi connectivity index (χ3v) is 7.65. The Kier molecular flexibility index (Phi) is 11.3. The van der Waals surface area contributed by atoms with Crippen LogP contribution in [0.2, 0.25) is 5.02 Å². The molecule has 1 heterocycles. The van der Waals surface area contributed by atoms with E-state index in [2.05, 4.69) is 16.0 Å². The SMILES string of the molecule is CC(C)C[C@H](NC(=O)OC(c1ccccc1)C(C)(C)c1cccc(Cl)c1)C(=O)N[C@@H](C[C@@H]1CCNC1=O)C(=O)CO. The van der Waals surface area contributed by atoms with Gasteiger partial charge in [0.25, 0.3) is 0 Å². The van der Waals surface area contributed by atoms with Crippen LogP contribution < -0.4 is 16.0 Å². The molecule has 2 aromatic carbocycles. The number of aliphatic hydroxyl groups is 1. The standard InChI is InChI=1S/C31H40ClN3O6/c1-19(2)15-25(29(39)34-24(26(37)18-36)16-21-13-14-33-28(21)38)35-30(40)41-27(20-9-6-5-7-10-20)31(3,4)22-11-8-12-23(32)17-22/h5-12,17,19,21,24-25,27,36H,13-16,18H2,1-4H3,(H,33,38)(H,34,39)(H,35,40)/t21-,24-,25-,27?/m0/s1. The molecular formula is C31H40ClN3O6. The summed E-state index contributed by atoms with van der Waals surface area (Å²) < 4.78 is 6.02. The van der Waals surface area contributed by atoms with Gasteiger partial charge in [0.1, 0.15) is 18.8 Å². The molecule has 0 spiro atoms. The number of ether oxygens (including phenoxy) is 1. The third-order valence-electron chi connectivity index (χ3n) is 7.41. The Hall–Kier alpha value is -3.43. The number of nitrogens with one attached hydrogen (secondary N) is 3. The zero-order valence-electron chi connectivity index (χ0n) is 24.0. The van der Waals surface area contributed by atoms with Crippen molar-refractivity contribution in [3.63, 3.8) is 0 Å². The van der Waals surface area contributed by atoms with Crippen molar-refractivity contribution in [2.24, 2.45) is 11.8 Å². The number of amides is 3. The number of aliphatic hydroxyl groups excluding tert-OH is 1. The molecule has 3 rings (SSSR count). The number of carbonyl (C=O) groups excluding carboxylic acids is 4. The van der Waals surface area contributed by atoms with E-state index < -0.39 is 53.9 Å². The molecule has 2 aromatic rings. The molecule has 222 valence electrons. The van der Waals surface area contributed by atoms with Crippen molar-refractivity contribution < 1.29 is 29.0 Å². The first-order valence-corrected chi connectivity index (χ1v) is 14.3. The lowest BCUT2D eigenvalue weighted by Crippen LogP contribution is -2.53. The van der Waals surface area contributed by atoms with E-state index in [0.29, 0.717) is 18.0 Å². The molecule has 1 fully saturated rings. The average molecular weight is 586 g/mol. The predicted octanol–water partition coefficient (Wildman–Crippen LogP) is 4.07. The Labute approximate surface area is 246 Å². The van der Waals surface area contributed by atoms with Gasteiger partial charge in [0.15, 0.2) is 5.78 Å². The van der Waals surface area contributed by atoms with Gasteiger partial charge < -0.3 is 25.8 Å². The smallest absolute Gasteiger partial charge is 0.408 e. The largest absolute Gasteiger partial charge is 0.440 e. The fourth-order valence-corrected chi connectivity index (χ4v) is 5.28. The Morgan fingerprint density at radius 2 is 1.78 bits per heavy atom. The summed E-state index contributed by atoms with van der Waals surface area (Å²) in [6, 6.07) is 14.6. The number of rotatable bonds is 13. The van der Waals surface area contributed by atoms with Gasteiger partial charge in [-0.3, -0.25) is 14.4 Å². The van der Waals surface area contributed by atoms with Crippen LogP contribution in [0.5, 0.6) is 0 Å². The van der Waals surface area contributed by atoms with Gasteiger partial charge in [0.2, 0.25) is 11.8 Å². The molecule has 0 aliphatic carbocycles. The Morgan fingerprint density at radius 3 is 2.37 bits per heavy atom. The van der Waals surface area contributed by atoms with E-state index in [4.69, 9.17) is 16.3 Å². The van der Waals surface area contributed by atoms with Crippen LogP contribution in [0.3, 0.4) is 0 Å². The van der Waals surface area contributed by atoms with Crippen LogP contribution in [-0.4, -0.2) is 54.0 Å². The van der Waals surface area contributed by atoms with Crippen LogP contribution in [0.25, 0.3) is 0 Å². The first-order chi connectivity index (χ1) is 19.4. The maximum atomic E-state index is 13.4. The first-order valence-electron chi connectivity index (χ1n) is 13.9. The lowest BCUT2D eigenvalue weighted by atomic mass is 9.76. The van der Waals surface area contributed by atoms with Gasteiger partial charge in [-0.2, -0.15) is 0 Å². The minimum atomic E-state index is -1.06. The molecule has 0 saturated carbocycles. The molecule has 9 nitrogen and oxygen atoms in total. The van der Waals surface area contributed by atoms with Crippen molar-refractivity contribution in [1.82, 2.24) is 16.0 Å². The number of carbonyl (C=O) groups is 4. The predicted molar refractivity (Wildman–Crippen MR) is 156 cm³/mol. The number of Topliss-reactive ketones (excluding diaryl/α,β-unsaturated/α-hetero) is 1. The van der Waals surface area contributed by atoms with Crippen molar-refractivity contribution >= 4 is 35.3 Å². The van der Waals surface area contributed by atoms with Crippen molar-refractivity contribution in [2.45, 2.75) is 70.6 Å². The zero-order valence-corrected chi connectivity index (χ0v) is 24.7. The molecule has 0 aromatic heterocycles. The summed E-state index contributed by atoms with van der Waals surface area (Å²) in [5.41, 5.74) is 0.935. The van der Waals surface area contributed by atoms with E-state index in [1.165, 1.54) is 0 Å². The lowest BCUT2D eigenvalue weighted by molar-refractivity contribution is -0.131. The van der Waals surface area contributed by atoms with E-state index in [-0.39, 0.29) is 24.7 Å². The number of ketones is 1. The fraction of sp³-hybridized carbons (Fsp3) is 0.484. The summed E-state index contributed by atoms with van der Waals surface area (Å²) in [5, 5.41) is 18.1. The Morgan fingerprint density at radius 1 is 1.07 bits per heavy atom. The molecule has 0 bridgehead atoms. The Bertz CT molecular complexity index is 1220. The molecule has 1 saturated heterocycles. The highest BCUT2D eigenvalue weighted by atomic mass is 35.5. The molecule has 1 aliphatic heterocycles. The quantitative estimate of drug-likeness (QED) is 0.280. The molecule has 4 N–H and O–H groups in total. The van der Waals surface area contributed by atoms with E-state index in [9.17, 15) is 24.3 Å². The van der Waals surface area contributed by atoms with Gasteiger partial charge in [0, 0.05) is 22.9 Å². The minimum Gasteiger partial charge on any atom is -0.440 e. The molecule has 1 unspecified atom stereocenters. The molecular weight excluding hydrogens is 546 g/mol. The lowest BCUT2D eigenvalue weighted by Gasteiger charge is -2.35. The molecule has 4 atom stereocenters. The van der Waals surface area contributed by atoms with E-state index >= 15 is 0 Å². The number of hydrogen-bond acceptors (Lipinski definition) is 6. The second-order valence-electron chi connectivity index (χ2n) is 11.5. The highest BCUT2D eigenvalue weighted by Crippen LogP contribution is 2.40. The number of hydrogen-bond donors (Lipinski definition) is 4. The number of benzene rings is 2. The molecule has 41 heavy (non-hydrogen) atoms. The normalized spacial score (nSPS) is 17.3. The van der Waals surface area contributed by atoms with Crippen LogP contribution in [-0.2, 0) is 24.5 Å². The maximum Gasteiger partial charge on any atom is 0.408 e. The minimum absolute atomic E-state index is 0.0199. The first kappa shape index (κ1) is 32.1. The summed E-state index contributed by atoms with van der Waals surface area (Å²) in [6.07, 6.45) is -0.643. The second kappa shape index (κ2) is 14.5. The fourth-order valence-electron chi connectivity index (χ4n) is 5.09. The maximum absolute atomic E-state index is 13.4. The summed E-state index contributed by atoms with van der Waals surface area (Å²) in [5.74, 6) is -1.81. The van der Waals surface area contributed by atoms with Gasteiger partial charge >= 0.3 is 6.09 Å². The van der Waals surface area contributed by atoms with E-state index in [1.807, 2.05) is 76.2 Å². The topological polar surface area (TPSA) is 134 Å². The van der Waals surface area contributed by atoms with Crippen molar-refractivity contribution in [3.8, 4) is 0 Å².